The Morgan fingerprint density at radius 3 is 2.46 bits per heavy atom. The van der Waals surface area contributed by atoms with E-state index < -0.39 is 51.7 Å². The van der Waals surface area contributed by atoms with Crippen molar-refractivity contribution in [2.75, 3.05) is 6.54 Å². The summed E-state index contributed by atoms with van der Waals surface area (Å²) in [6.07, 6.45) is 8.47. The second-order valence-electron chi connectivity index (χ2n) is 11.3. The summed E-state index contributed by atoms with van der Waals surface area (Å²) in [5.74, 6) is -2.15. The fourth-order valence-corrected chi connectivity index (χ4v) is 7.99. The van der Waals surface area contributed by atoms with E-state index in [1.165, 1.54) is 9.21 Å². The molecular formula is C26H41N5O7S. The SMILES string of the molecule is CC1CCCC(C)N1S(=O)(=O)NC(=O)C12CC1/C=C/CCCCCC(OC(N)=O)C(=O)N1CCCC1C(=O)N2. The van der Waals surface area contributed by atoms with Crippen LogP contribution in [0.25, 0.3) is 0 Å². The Morgan fingerprint density at radius 1 is 1.05 bits per heavy atom. The van der Waals surface area contributed by atoms with E-state index in [-0.39, 0.29) is 24.4 Å². The molecule has 13 heteroatoms. The number of nitrogens with one attached hydrogen (secondary N) is 2. The van der Waals surface area contributed by atoms with Crippen molar-refractivity contribution >= 4 is 34.0 Å². The van der Waals surface area contributed by atoms with Gasteiger partial charge in [-0.1, -0.05) is 25.0 Å². The smallest absolute Gasteiger partial charge is 0.405 e. The molecule has 39 heavy (non-hydrogen) atoms. The molecule has 0 spiro atoms. The Balaban J connectivity index is 1.57. The summed E-state index contributed by atoms with van der Waals surface area (Å²) in [4.78, 5) is 53.3. The number of rotatable bonds is 4. The van der Waals surface area contributed by atoms with Crippen molar-refractivity contribution in [3.8, 4) is 0 Å². The van der Waals surface area contributed by atoms with Gasteiger partial charge in [-0.2, -0.15) is 12.7 Å². The molecule has 2 saturated heterocycles. The Bertz CT molecular complexity index is 1100. The summed E-state index contributed by atoms with van der Waals surface area (Å²) in [6.45, 7) is 3.96. The van der Waals surface area contributed by atoms with E-state index in [4.69, 9.17) is 10.5 Å². The molecule has 3 aliphatic heterocycles. The summed E-state index contributed by atoms with van der Waals surface area (Å²) in [5, 5.41) is 2.82. The van der Waals surface area contributed by atoms with E-state index in [0.717, 1.165) is 19.3 Å². The molecule has 6 unspecified atom stereocenters. The van der Waals surface area contributed by atoms with Gasteiger partial charge in [0.25, 0.3) is 11.8 Å². The van der Waals surface area contributed by atoms with Gasteiger partial charge in [-0.15, -0.1) is 0 Å². The molecule has 6 atom stereocenters. The first kappa shape index (κ1) is 29.3. The minimum Gasteiger partial charge on any atom is -0.436 e. The summed E-state index contributed by atoms with van der Waals surface area (Å²) < 4.78 is 35.3. The zero-order chi connectivity index (χ0) is 28.4. The van der Waals surface area contributed by atoms with Gasteiger partial charge in [0.1, 0.15) is 11.6 Å². The Labute approximate surface area is 230 Å². The minimum absolute atomic E-state index is 0.248. The third kappa shape index (κ3) is 6.40. The highest BCUT2D eigenvalue weighted by Gasteiger charge is 2.61. The zero-order valence-electron chi connectivity index (χ0n) is 22.8. The van der Waals surface area contributed by atoms with E-state index in [1.807, 2.05) is 26.0 Å². The maximum absolute atomic E-state index is 13.6. The molecule has 0 aromatic carbocycles. The van der Waals surface area contributed by atoms with Crippen molar-refractivity contribution in [1.29, 1.82) is 0 Å². The molecule has 4 amide bonds. The number of carbonyl (C=O) groups excluding carboxylic acids is 4. The topological polar surface area (TPSA) is 168 Å². The Morgan fingerprint density at radius 2 is 1.77 bits per heavy atom. The van der Waals surface area contributed by atoms with Gasteiger partial charge < -0.3 is 20.7 Å². The van der Waals surface area contributed by atoms with E-state index >= 15 is 0 Å². The van der Waals surface area contributed by atoms with Crippen LogP contribution in [0, 0.1) is 5.92 Å². The predicted molar refractivity (Wildman–Crippen MR) is 142 cm³/mol. The van der Waals surface area contributed by atoms with Crippen LogP contribution in [-0.2, 0) is 29.3 Å². The fourth-order valence-electron chi connectivity index (χ4n) is 6.31. The molecule has 0 aromatic heterocycles. The van der Waals surface area contributed by atoms with Gasteiger partial charge in [0.05, 0.1) is 0 Å². The zero-order valence-corrected chi connectivity index (χ0v) is 23.6. The summed E-state index contributed by atoms with van der Waals surface area (Å²) >= 11 is 0. The maximum Gasteiger partial charge on any atom is 0.405 e. The minimum atomic E-state index is -4.14. The summed E-state index contributed by atoms with van der Waals surface area (Å²) in [6, 6.07) is -1.36. The number of primary amides is 1. The van der Waals surface area contributed by atoms with Gasteiger partial charge in [0.2, 0.25) is 5.91 Å². The van der Waals surface area contributed by atoms with Crippen molar-refractivity contribution in [2.45, 2.75) is 114 Å². The van der Waals surface area contributed by atoms with Crippen LogP contribution in [0.4, 0.5) is 4.79 Å². The third-order valence-electron chi connectivity index (χ3n) is 8.46. The van der Waals surface area contributed by atoms with Crippen LogP contribution < -0.4 is 15.8 Å². The van der Waals surface area contributed by atoms with Gasteiger partial charge in [0.15, 0.2) is 6.10 Å². The van der Waals surface area contributed by atoms with Gasteiger partial charge in [-0.05, 0) is 71.6 Å². The largest absolute Gasteiger partial charge is 0.436 e. The van der Waals surface area contributed by atoms with E-state index in [9.17, 15) is 27.6 Å². The van der Waals surface area contributed by atoms with Crippen LogP contribution >= 0.6 is 0 Å². The molecule has 12 nitrogen and oxygen atoms in total. The number of carbonyl (C=O) groups is 4. The standard InChI is InChI=1S/C26H41N5O7S/c1-17-10-8-11-18(2)31(17)39(36,37)29-24(34)26-16-19(26)12-6-4-3-5-7-14-21(38-25(27)35)23(33)30-15-9-13-20(30)22(32)28-26/h6,12,17-21H,3-5,7-11,13-16H2,1-2H3,(H2,27,35)(H,28,32)(H,29,34)/b12-6+. The van der Waals surface area contributed by atoms with Crippen LogP contribution in [0.5, 0.6) is 0 Å². The highest BCUT2D eigenvalue weighted by Crippen LogP contribution is 2.46. The van der Waals surface area contributed by atoms with Crippen molar-refractivity contribution in [3.05, 3.63) is 12.2 Å². The lowest BCUT2D eigenvalue weighted by atomic mass is 10.0. The average Bonchev–Trinajstić information content (AvgIpc) is 3.31. The molecular weight excluding hydrogens is 526 g/mol. The third-order valence-corrected chi connectivity index (χ3v) is 10.2. The van der Waals surface area contributed by atoms with Crippen molar-refractivity contribution in [2.24, 2.45) is 11.7 Å². The molecule has 4 rings (SSSR count). The van der Waals surface area contributed by atoms with Gasteiger partial charge in [-0.25, -0.2) is 9.52 Å². The highest BCUT2D eigenvalue weighted by molar-refractivity contribution is 7.87. The fraction of sp³-hybridized carbons (Fsp3) is 0.769. The number of ether oxygens (including phenoxy) is 1. The van der Waals surface area contributed by atoms with E-state index in [1.54, 1.807) is 0 Å². The van der Waals surface area contributed by atoms with Crippen LogP contribution in [0.15, 0.2) is 12.2 Å². The quantitative estimate of drug-likeness (QED) is 0.432. The molecule has 0 aromatic rings. The first-order valence-corrected chi connectivity index (χ1v) is 15.5. The van der Waals surface area contributed by atoms with Gasteiger partial charge in [-0.3, -0.25) is 14.4 Å². The van der Waals surface area contributed by atoms with Gasteiger partial charge in [0, 0.05) is 24.5 Å². The second-order valence-corrected chi connectivity index (χ2v) is 12.9. The molecule has 3 heterocycles. The lowest BCUT2D eigenvalue weighted by Crippen LogP contribution is -2.60. The Kier molecular flexibility index (Phi) is 8.89. The first-order valence-electron chi connectivity index (χ1n) is 14.1. The number of hydrogen-bond donors (Lipinski definition) is 3. The van der Waals surface area contributed by atoms with Crippen molar-refractivity contribution < 1.29 is 32.3 Å². The number of fused-ring (bicyclic) bond motifs is 2. The first-order chi connectivity index (χ1) is 18.5. The highest BCUT2D eigenvalue weighted by atomic mass is 32.2. The summed E-state index contributed by atoms with van der Waals surface area (Å²) in [5.41, 5.74) is 3.78. The number of amides is 4. The number of hydrogen-bond acceptors (Lipinski definition) is 7. The monoisotopic (exact) mass is 567 g/mol. The molecule has 218 valence electrons. The molecule has 0 bridgehead atoms. The summed E-state index contributed by atoms with van der Waals surface area (Å²) in [7, 11) is -4.14. The molecule has 1 saturated carbocycles. The molecule has 3 fully saturated rings. The maximum atomic E-state index is 13.6. The van der Waals surface area contributed by atoms with E-state index in [0.29, 0.717) is 51.5 Å². The number of nitrogens with two attached hydrogens (primary N) is 1. The number of piperidine rings is 1. The van der Waals surface area contributed by atoms with E-state index in [2.05, 4.69) is 10.0 Å². The predicted octanol–water partition coefficient (Wildman–Crippen LogP) is 1.46. The van der Waals surface area contributed by atoms with Crippen LogP contribution in [0.2, 0.25) is 0 Å². The van der Waals surface area contributed by atoms with Crippen molar-refractivity contribution in [1.82, 2.24) is 19.2 Å². The van der Waals surface area contributed by atoms with Crippen molar-refractivity contribution in [3.63, 3.8) is 0 Å². The lowest BCUT2D eigenvalue weighted by Gasteiger charge is -2.37. The Hall–Kier alpha value is -2.67. The van der Waals surface area contributed by atoms with Crippen LogP contribution in [-0.4, -0.2) is 77.8 Å². The van der Waals surface area contributed by atoms with Crippen LogP contribution in [0.1, 0.15) is 84.5 Å². The number of allylic oxidation sites excluding steroid dienone is 1. The lowest BCUT2D eigenvalue weighted by molar-refractivity contribution is -0.146. The van der Waals surface area contributed by atoms with Gasteiger partial charge >= 0.3 is 16.3 Å². The molecule has 0 radical (unpaired) electrons. The molecule has 1 aliphatic carbocycles. The molecule has 4 aliphatic rings. The number of nitrogens with zero attached hydrogens (tertiary/aromatic N) is 2. The molecule has 4 N–H and O–H groups in total. The van der Waals surface area contributed by atoms with Crippen LogP contribution in [0.3, 0.4) is 0 Å². The second kappa shape index (κ2) is 11.8. The average molecular weight is 568 g/mol. The normalized spacial score (nSPS) is 35.4.